The summed E-state index contributed by atoms with van der Waals surface area (Å²) in [4.78, 5) is 17.8. The van der Waals surface area contributed by atoms with Gasteiger partial charge in [0.15, 0.2) is 0 Å². The SMILES string of the molecule is c1ccc(Nc2nc(N/N=C3/C[NH+]4CCC3CC4)nc(N3CCCCC3)n2)cc1. The van der Waals surface area contributed by atoms with E-state index in [9.17, 15) is 0 Å². The molecule has 0 unspecified atom stereocenters. The molecule has 3 N–H and O–H groups in total. The van der Waals surface area contributed by atoms with Crippen molar-refractivity contribution in [3.8, 4) is 0 Å². The van der Waals surface area contributed by atoms with Gasteiger partial charge >= 0.3 is 0 Å². The number of hydrazone groups is 1. The van der Waals surface area contributed by atoms with Crippen molar-refractivity contribution in [2.75, 3.05) is 48.4 Å². The van der Waals surface area contributed by atoms with E-state index in [0.717, 1.165) is 31.3 Å². The van der Waals surface area contributed by atoms with E-state index in [4.69, 9.17) is 5.10 Å². The number of rotatable bonds is 5. The second-order valence-electron chi connectivity index (χ2n) is 8.24. The van der Waals surface area contributed by atoms with Gasteiger partial charge in [-0.1, -0.05) is 18.2 Å². The van der Waals surface area contributed by atoms with Crippen LogP contribution in [0, 0.1) is 5.92 Å². The van der Waals surface area contributed by atoms with E-state index in [1.807, 2.05) is 30.3 Å². The molecule has 0 radical (unpaired) electrons. The minimum absolute atomic E-state index is 0.512. The summed E-state index contributed by atoms with van der Waals surface area (Å²) in [7, 11) is 0. The number of quaternary nitrogens is 1. The lowest BCUT2D eigenvalue weighted by atomic mass is 9.87. The Labute approximate surface area is 171 Å². The van der Waals surface area contributed by atoms with Gasteiger partial charge < -0.3 is 15.1 Å². The molecule has 4 aliphatic heterocycles. The third-order valence-electron chi connectivity index (χ3n) is 6.19. The molecule has 4 aliphatic rings. The molecule has 29 heavy (non-hydrogen) atoms. The molecule has 5 heterocycles. The van der Waals surface area contributed by atoms with Crippen LogP contribution in [0.5, 0.6) is 0 Å². The van der Waals surface area contributed by atoms with E-state index in [1.165, 1.54) is 50.9 Å². The van der Waals surface area contributed by atoms with Crippen LogP contribution in [0.3, 0.4) is 0 Å². The van der Waals surface area contributed by atoms with Crippen molar-refractivity contribution in [2.24, 2.45) is 11.0 Å². The highest BCUT2D eigenvalue weighted by Crippen LogP contribution is 2.21. The Kier molecular flexibility index (Phi) is 5.25. The van der Waals surface area contributed by atoms with Gasteiger partial charge in [0.1, 0.15) is 6.54 Å². The number of anilines is 4. The first-order valence-corrected chi connectivity index (χ1v) is 10.8. The first kappa shape index (κ1) is 18.3. The molecule has 0 aliphatic carbocycles. The normalized spacial score (nSPS) is 25.2. The molecule has 0 saturated carbocycles. The van der Waals surface area contributed by atoms with Crippen molar-refractivity contribution in [1.29, 1.82) is 0 Å². The Hall–Kier alpha value is -2.74. The summed E-state index contributed by atoms with van der Waals surface area (Å²) >= 11 is 0. The van der Waals surface area contributed by atoms with Gasteiger partial charge in [-0.2, -0.15) is 20.1 Å². The third-order valence-corrected chi connectivity index (χ3v) is 6.19. The summed E-state index contributed by atoms with van der Waals surface area (Å²) < 4.78 is 0. The molecule has 0 atom stereocenters. The molecule has 4 fully saturated rings. The highest BCUT2D eigenvalue weighted by atomic mass is 15.4. The third kappa shape index (κ3) is 4.32. The number of piperidine rings is 4. The van der Waals surface area contributed by atoms with Gasteiger partial charge in [0.2, 0.25) is 17.8 Å². The van der Waals surface area contributed by atoms with Gasteiger partial charge in [0.25, 0.3) is 0 Å². The Morgan fingerprint density at radius 1 is 0.931 bits per heavy atom. The summed E-state index contributed by atoms with van der Waals surface area (Å²) in [5.74, 6) is 2.40. The van der Waals surface area contributed by atoms with Crippen molar-refractivity contribution in [3.63, 3.8) is 0 Å². The lowest BCUT2D eigenvalue weighted by molar-refractivity contribution is -0.902. The number of benzene rings is 1. The fraction of sp³-hybridized carbons (Fsp3) is 0.524. The van der Waals surface area contributed by atoms with Crippen molar-refractivity contribution >= 4 is 29.2 Å². The minimum atomic E-state index is 0.512. The molecule has 1 aromatic carbocycles. The minimum Gasteiger partial charge on any atom is -0.341 e. The standard InChI is InChI=1S/C21H28N8/c1-3-7-17(8-4-1)22-19-23-20(25-21(24-19)29-11-5-2-6-12-29)27-26-18-15-28-13-9-16(18)10-14-28/h1,3-4,7-8,16H,2,5-6,9-15H2,(H2,22,23,24,25,27)/p+1/b26-18-. The van der Waals surface area contributed by atoms with Crippen molar-refractivity contribution in [1.82, 2.24) is 15.0 Å². The lowest BCUT2D eigenvalue weighted by Crippen LogP contribution is -3.16. The van der Waals surface area contributed by atoms with Gasteiger partial charge in [-0.05, 0) is 31.4 Å². The predicted octanol–water partition coefficient (Wildman–Crippen LogP) is 1.68. The highest BCUT2D eigenvalue weighted by molar-refractivity contribution is 5.89. The molecule has 2 aromatic rings. The first-order chi connectivity index (χ1) is 14.3. The molecular formula is C21H29N8+. The van der Waals surface area contributed by atoms with Crippen molar-refractivity contribution in [2.45, 2.75) is 32.1 Å². The number of nitrogens with zero attached hydrogens (tertiary/aromatic N) is 5. The Morgan fingerprint density at radius 3 is 2.41 bits per heavy atom. The van der Waals surface area contributed by atoms with Crippen molar-refractivity contribution in [3.05, 3.63) is 30.3 Å². The van der Waals surface area contributed by atoms with Gasteiger partial charge in [0, 0.05) is 37.5 Å². The Balaban J connectivity index is 1.39. The quantitative estimate of drug-likeness (QED) is 0.671. The number of aromatic nitrogens is 3. The molecular weight excluding hydrogens is 364 g/mol. The zero-order chi connectivity index (χ0) is 19.5. The second kappa shape index (κ2) is 8.32. The van der Waals surface area contributed by atoms with Crippen LogP contribution in [0.15, 0.2) is 35.4 Å². The van der Waals surface area contributed by atoms with Crippen LogP contribution in [-0.4, -0.2) is 53.4 Å². The molecule has 0 spiro atoms. The predicted molar refractivity (Wildman–Crippen MR) is 115 cm³/mol. The number of hydrogen-bond acceptors (Lipinski definition) is 7. The molecule has 0 amide bonds. The van der Waals surface area contributed by atoms with E-state index >= 15 is 0 Å². The van der Waals surface area contributed by atoms with E-state index in [0.29, 0.717) is 17.8 Å². The van der Waals surface area contributed by atoms with Crippen LogP contribution < -0.4 is 20.5 Å². The monoisotopic (exact) mass is 393 g/mol. The van der Waals surface area contributed by atoms with Crippen LogP contribution in [0.1, 0.15) is 32.1 Å². The van der Waals surface area contributed by atoms with Crippen LogP contribution in [0.4, 0.5) is 23.5 Å². The van der Waals surface area contributed by atoms with Crippen LogP contribution in [0.25, 0.3) is 0 Å². The van der Waals surface area contributed by atoms with E-state index < -0.39 is 0 Å². The fourth-order valence-corrected chi connectivity index (χ4v) is 4.55. The molecule has 152 valence electrons. The van der Waals surface area contributed by atoms with Crippen molar-refractivity contribution < 1.29 is 4.90 Å². The number of para-hydroxylation sites is 1. The Bertz CT molecular complexity index is 854. The maximum atomic E-state index is 4.72. The fourth-order valence-electron chi connectivity index (χ4n) is 4.55. The summed E-state index contributed by atoms with van der Waals surface area (Å²) in [5.41, 5.74) is 5.37. The smallest absolute Gasteiger partial charge is 0.250 e. The highest BCUT2D eigenvalue weighted by Gasteiger charge is 2.34. The second-order valence-corrected chi connectivity index (χ2v) is 8.24. The number of nitrogens with one attached hydrogen (secondary N) is 3. The number of hydrogen-bond donors (Lipinski definition) is 3. The zero-order valence-corrected chi connectivity index (χ0v) is 16.8. The maximum Gasteiger partial charge on any atom is 0.250 e. The average Bonchev–Trinajstić information content (AvgIpc) is 2.80. The van der Waals surface area contributed by atoms with Crippen LogP contribution in [-0.2, 0) is 0 Å². The molecule has 1 aromatic heterocycles. The zero-order valence-electron chi connectivity index (χ0n) is 16.8. The molecule has 8 nitrogen and oxygen atoms in total. The largest absolute Gasteiger partial charge is 0.341 e. The number of fused-ring (bicyclic) bond motifs is 3. The van der Waals surface area contributed by atoms with Crippen LogP contribution in [0.2, 0.25) is 0 Å². The summed E-state index contributed by atoms with van der Waals surface area (Å²) in [5, 5.41) is 8.02. The van der Waals surface area contributed by atoms with Gasteiger partial charge in [-0.25, -0.2) is 5.43 Å². The molecule has 4 saturated heterocycles. The molecule has 2 bridgehead atoms. The summed E-state index contributed by atoms with van der Waals surface area (Å²) in [6.45, 7) is 5.57. The Morgan fingerprint density at radius 2 is 1.69 bits per heavy atom. The summed E-state index contributed by atoms with van der Waals surface area (Å²) in [6, 6.07) is 10.0. The average molecular weight is 394 g/mol. The van der Waals surface area contributed by atoms with Crippen LogP contribution >= 0.6 is 0 Å². The summed E-state index contributed by atoms with van der Waals surface area (Å²) in [6.07, 6.45) is 6.12. The van der Waals surface area contributed by atoms with Gasteiger partial charge in [-0.3, -0.25) is 0 Å². The van der Waals surface area contributed by atoms with Gasteiger partial charge in [-0.15, -0.1) is 0 Å². The van der Waals surface area contributed by atoms with E-state index in [2.05, 4.69) is 30.6 Å². The van der Waals surface area contributed by atoms with E-state index in [-0.39, 0.29) is 0 Å². The van der Waals surface area contributed by atoms with Gasteiger partial charge in [0.05, 0.1) is 18.8 Å². The van der Waals surface area contributed by atoms with E-state index in [1.54, 1.807) is 4.90 Å². The lowest BCUT2D eigenvalue weighted by Gasteiger charge is -2.36. The topological polar surface area (TPSA) is 82.8 Å². The maximum absolute atomic E-state index is 4.72. The molecule has 6 rings (SSSR count). The molecule has 8 heteroatoms. The first-order valence-electron chi connectivity index (χ1n) is 10.8.